The van der Waals surface area contributed by atoms with E-state index in [2.05, 4.69) is 25.6 Å². The summed E-state index contributed by atoms with van der Waals surface area (Å²) in [6, 6.07) is 7.47. The summed E-state index contributed by atoms with van der Waals surface area (Å²) in [4.78, 5) is 39.8. The number of fused-ring (bicyclic) bond motifs is 2. The van der Waals surface area contributed by atoms with Gasteiger partial charge in [-0.1, -0.05) is 6.07 Å². The van der Waals surface area contributed by atoms with Gasteiger partial charge in [0.25, 0.3) is 0 Å². The van der Waals surface area contributed by atoms with Crippen molar-refractivity contribution in [3.63, 3.8) is 0 Å². The molecule has 2 amide bonds. The Hall–Kier alpha value is -3.49. The van der Waals surface area contributed by atoms with Gasteiger partial charge in [0, 0.05) is 38.8 Å². The Labute approximate surface area is 180 Å². The van der Waals surface area contributed by atoms with Crippen LogP contribution >= 0.6 is 0 Å². The SMILES string of the molecule is CN1CCNC(=O)CCCCCOc2cccc(c2)N=CC2C(=O)Nc3ncnc1c32. The van der Waals surface area contributed by atoms with Crippen molar-refractivity contribution < 1.29 is 14.3 Å². The Bertz CT molecular complexity index is 993. The zero-order valence-corrected chi connectivity index (χ0v) is 17.5. The van der Waals surface area contributed by atoms with Gasteiger partial charge >= 0.3 is 0 Å². The van der Waals surface area contributed by atoms with E-state index in [0.29, 0.717) is 49.0 Å². The van der Waals surface area contributed by atoms with Gasteiger partial charge in [-0.05, 0) is 31.4 Å². The number of carbonyl (C=O) groups excluding carboxylic acids is 2. The van der Waals surface area contributed by atoms with Gasteiger partial charge in [-0.25, -0.2) is 9.97 Å². The maximum atomic E-state index is 12.6. The van der Waals surface area contributed by atoms with Crippen molar-refractivity contribution in [2.45, 2.75) is 31.6 Å². The Morgan fingerprint density at radius 1 is 1.16 bits per heavy atom. The molecule has 1 unspecified atom stereocenters. The number of aromatic nitrogens is 2. The Balaban J connectivity index is 1.63. The first kappa shape index (κ1) is 20.8. The quantitative estimate of drug-likeness (QED) is 0.675. The summed E-state index contributed by atoms with van der Waals surface area (Å²) in [5.41, 5.74) is 1.40. The van der Waals surface area contributed by atoms with Crippen molar-refractivity contribution in [1.82, 2.24) is 15.3 Å². The third-order valence-electron chi connectivity index (χ3n) is 5.34. The van der Waals surface area contributed by atoms with Gasteiger partial charge in [0.2, 0.25) is 11.8 Å². The Kier molecular flexibility index (Phi) is 6.40. The van der Waals surface area contributed by atoms with E-state index in [1.165, 1.54) is 6.33 Å². The second-order valence-corrected chi connectivity index (χ2v) is 7.63. The number of hydrogen-bond donors (Lipinski definition) is 2. The van der Waals surface area contributed by atoms with Crippen LogP contribution in [0.25, 0.3) is 0 Å². The van der Waals surface area contributed by atoms with Crippen LogP contribution in [0.1, 0.15) is 37.2 Å². The Morgan fingerprint density at radius 3 is 2.97 bits per heavy atom. The number of nitrogens with one attached hydrogen (secondary N) is 2. The second kappa shape index (κ2) is 9.55. The molecule has 1 aromatic carbocycles. The second-order valence-electron chi connectivity index (χ2n) is 7.63. The number of likely N-dealkylation sites (N-methyl/N-ethyl adjacent to an activating group) is 1. The molecule has 2 aliphatic rings. The summed E-state index contributed by atoms with van der Waals surface area (Å²) in [6.07, 6.45) is 6.18. The molecule has 9 nitrogen and oxygen atoms in total. The van der Waals surface area contributed by atoms with Crippen molar-refractivity contribution in [2.24, 2.45) is 4.99 Å². The van der Waals surface area contributed by atoms with Gasteiger partial charge in [0.05, 0.1) is 17.9 Å². The maximum Gasteiger partial charge on any atom is 0.238 e. The lowest BCUT2D eigenvalue weighted by Gasteiger charge is -2.21. The van der Waals surface area contributed by atoms with E-state index < -0.39 is 5.92 Å². The molecule has 0 spiro atoms. The van der Waals surface area contributed by atoms with Crippen molar-refractivity contribution in [3.8, 4) is 5.75 Å². The fraction of sp³-hybridized carbons (Fsp3) is 0.409. The van der Waals surface area contributed by atoms with E-state index in [1.807, 2.05) is 36.2 Å². The number of aliphatic imine (C=N–C) groups is 1. The molecule has 2 bridgehead atoms. The van der Waals surface area contributed by atoms with Crippen LogP contribution in [-0.2, 0) is 9.59 Å². The molecule has 0 saturated carbocycles. The van der Waals surface area contributed by atoms with E-state index in [4.69, 9.17) is 4.74 Å². The number of hydrogen-bond acceptors (Lipinski definition) is 7. The number of anilines is 2. The van der Waals surface area contributed by atoms with Crippen LogP contribution in [-0.4, -0.2) is 54.7 Å². The lowest BCUT2D eigenvalue weighted by Crippen LogP contribution is -2.33. The third kappa shape index (κ3) is 4.99. The predicted octanol–water partition coefficient (Wildman–Crippen LogP) is 2.42. The van der Waals surface area contributed by atoms with Crippen molar-refractivity contribution in [1.29, 1.82) is 0 Å². The molecule has 2 aromatic rings. The van der Waals surface area contributed by atoms with E-state index in [1.54, 1.807) is 6.21 Å². The van der Waals surface area contributed by atoms with Crippen molar-refractivity contribution >= 4 is 35.4 Å². The standard InChI is InChI=1S/C22H26N6O3/c1-28-10-9-23-18(29)8-3-2-4-11-31-16-7-5-6-15(12-16)24-13-17-19-20(27-22(17)30)25-14-26-21(19)28/h5-7,12-14,17H,2-4,8-11H2,1H3,(H,23,29)(H,25,26,27,30). The minimum Gasteiger partial charge on any atom is -0.494 e. The molecule has 0 fully saturated rings. The number of benzene rings is 1. The molecule has 31 heavy (non-hydrogen) atoms. The molecule has 0 aliphatic carbocycles. The summed E-state index contributed by atoms with van der Waals surface area (Å²) in [7, 11) is 1.88. The van der Waals surface area contributed by atoms with Crippen LogP contribution in [0.2, 0.25) is 0 Å². The van der Waals surface area contributed by atoms with Crippen molar-refractivity contribution in [3.05, 3.63) is 36.2 Å². The summed E-state index contributed by atoms with van der Waals surface area (Å²) in [5, 5.41) is 5.76. The smallest absolute Gasteiger partial charge is 0.238 e. The maximum absolute atomic E-state index is 12.6. The van der Waals surface area contributed by atoms with Crippen LogP contribution in [0, 0.1) is 0 Å². The highest BCUT2D eigenvalue weighted by Crippen LogP contribution is 2.36. The fourth-order valence-electron chi connectivity index (χ4n) is 3.67. The molecular weight excluding hydrogens is 396 g/mol. The third-order valence-corrected chi connectivity index (χ3v) is 5.34. The summed E-state index contributed by atoms with van der Waals surface area (Å²) >= 11 is 0. The van der Waals surface area contributed by atoms with Gasteiger partial charge < -0.3 is 20.3 Å². The Morgan fingerprint density at radius 2 is 2.06 bits per heavy atom. The summed E-state index contributed by atoms with van der Waals surface area (Å²) < 4.78 is 5.81. The largest absolute Gasteiger partial charge is 0.494 e. The first-order valence-electron chi connectivity index (χ1n) is 10.5. The van der Waals surface area contributed by atoms with Gasteiger partial charge in [-0.2, -0.15) is 0 Å². The normalized spacial score (nSPS) is 19.9. The summed E-state index contributed by atoms with van der Waals surface area (Å²) in [5.74, 6) is 1.10. The predicted molar refractivity (Wildman–Crippen MR) is 118 cm³/mol. The monoisotopic (exact) mass is 422 g/mol. The number of rotatable bonds is 0. The molecule has 0 radical (unpaired) electrons. The zero-order chi connectivity index (χ0) is 21.6. The average Bonchev–Trinajstić information content (AvgIpc) is 3.09. The molecule has 0 saturated heterocycles. The van der Waals surface area contributed by atoms with Crippen LogP contribution in [0.4, 0.5) is 17.3 Å². The average molecular weight is 422 g/mol. The van der Waals surface area contributed by atoms with E-state index >= 15 is 0 Å². The van der Waals surface area contributed by atoms with Crippen LogP contribution in [0.15, 0.2) is 35.6 Å². The minimum absolute atomic E-state index is 0.0368. The number of ether oxygens (including phenoxy) is 1. The first-order chi connectivity index (χ1) is 15.1. The molecule has 162 valence electrons. The van der Waals surface area contributed by atoms with E-state index in [-0.39, 0.29) is 11.8 Å². The lowest BCUT2D eigenvalue weighted by atomic mass is 10.0. The van der Waals surface area contributed by atoms with Crippen LogP contribution < -0.4 is 20.3 Å². The van der Waals surface area contributed by atoms with Crippen LogP contribution in [0.3, 0.4) is 0 Å². The summed E-state index contributed by atoms with van der Waals surface area (Å²) in [6.45, 7) is 1.63. The topological polar surface area (TPSA) is 109 Å². The lowest BCUT2D eigenvalue weighted by molar-refractivity contribution is -0.121. The molecular formula is C22H26N6O3. The molecule has 3 heterocycles. The zero-order valence-electron chi connectivity index (χ0n) is 17.5. The fourth-order valence-corrected chi connectivity index (χ4v) is 3.67. The van der Waals surface area contributed by atoms with Crippen LogP contribution in [0.5, 0.6) is 5.75 Å². The van der Waals surface area contributed by atoms with Gasteiger partial charge in [-0.3, -0.25) is 14.6 Å². The molecule has 2 N–H and O–H groups in total. The highest BCUT2D eigenvalue weighted by Gasteiger charge is 2.34. The molecule has 2 aliphatic heterocycles. The van der Waals surface area contributed by atoms with E-state index in [9.17, 15) is 9.59 Å². The number of carbonyl (C=O) groups is 2. The van der Waals surface area contributed by atoms with Gasteiger partial charge in [0.1, 0.15) is 29.6 Å². The highest BCUT2D eigenvalue weighted by atomic mass is 16.5. The molecule has 1 atom stereocenters. The van der Waals surface area contributed by atoms with Crippen molar-refractivity contribution in [2.75, 3.05) is 37.0 Å². The first-order valence-corrected chi connectivity index (χ1v) is 10.5. The van der Waals surface area contributed by atoms with Gasteiger partial charge in [-0.15, -0.1) is 0 Å². The number of nitrogens with zero attached hydrogens (tertiary/aromatic N) is 4. The molecule has 4 rings (SSSR count). The number of amides is 2. The van der Waals surface area contributed by atoms with Gasteiger partial charge in [0.15, 0.2) is 0 Å². The minimum atomic E-state index is -0.602. The van der Waals surface area contributed by atoms with E-state index in [0.717, 1.165) is 25.0 Å². The molecule has 1 aromatic heterocycles. The molecule has 9 heteroatoms. The highest BCUT2D eigenvalue weighted by molar-refractivity contribution is 6.13.